The topological polar surface area (TPSA) is 35.5 Å². The summed E-state index contributed by atoms with van der Waals surface area (Å²) < 4.78 is 11.7. The predicted molar refractivity (Wildman–Crippen MR) is 116 cm³/mol. The summed E-state index contributed by atoms with van der Waals surface area (Å²) in [5, 5.41) is 0.803. The van der Waals surface area contributed by atoms with Crippen LogP contribution in [0.5, 0.6) is 11.5 Å². The fourth-order valence-electron chi connectivity index (χ4n) is 3.15. The van der Waals surface area contributed by atoms with Crippen LogP contribution in [0.15, 0.2) is 60.4 Å². The Morgan fingerprint density at radius 1 is 1.03 bits per heavy atom. The van der Waals surface area contributed by atoms with E-state index in [9.17, 15) is 4.79 Å². The van der Waals surface area contributed by atoms with E-state index in [1.807, 2.05) is 0 Å². The zero-order chi connectivity index (χ0) is 20.5. The van der Waals surface area contributed by atoms with Gasteiger partial charge in [-0.3, -0.25) is 4.79 Å². The quantitative estimate of drug-likeness (QED) is 0.431. The number of ketones is 1. The van der Waals surface area contributed by atoms with E-state index < -0.39 is 0 Å². The summed E-state index contributed by atoms with van der Waals surface area (Å²) in [4.78, 5) is 12.7. The van der Waals surface area contributed by atoms with Crippen molar-refractivity contribution < 1.29 is 14.3 Å². The summed E-state index contributed by atoms with van der Waals surface area (Å²) in [5.41, 5.74) is 4.60. The molecule has 5 heteroatoms. The number of hydrogen-bond acceptors (Lipinski definition) is 3. The van der Waals surface area contributed by atoms with Gasteiger partial charge in [-0.15, -0.1) is 0 Å². The van der Waals surface area contributed by atoms with Gasteiger partial charge in [-0.1, -0.05) is 59.1 Å². The molecule has 1 aliphatic rings. The van der Waals surface area contributed by atoms with E-state index in [4.69, 9.17) is 32.7 Å². The number of aryl methyl sites for hydroxylation is 2. The first-order chi connectivity index (χ1) is 13.9. The van der Waals surface area contributed by atoms with Crippen LogP contribution in [0.3, 0.4) is 0 Å². The van der Waals surface area contributed by atoms with Crippen molar-refractivity contribution in [2.24, 2.45) is 0 Å². The first-order valence-electron chi connectivity index (χ1n) is 9.13. The van der Waals surface area contributed by atoms with Gasteiger partial charge in [0.1, 0.15) is 18.1 Å². The van der Waals surface area contributed by atoms with Crippen LogP contribution >= 0.6 is 23.2 Å². The minimum Gasteiger partial charge on any atom is -0.489 e. The highest BCUT2D eigenvalue weighted by Gasteiger charge is 2.28. The van der Waals surface area contributed by atoms with E-state index in [1.54, 1.807) is 42.5 Å². The second-order valence-electron chi connectivity index (χ2n) is 6.96. The van der Waals surface area contributed by atoms with Gasteiger partial charge in [0.2, 0.25) is 5.78 Å². The third-order valence-electron chi connectivity index (χ3n) is 4.81. The number of fused-ring (bicyclic) bond motifs is 1. The molecule has 4 rings (SSSR count). The van der Waals surface area contributed by atoms with Crippen molar-refractivity contribution in [3.63, 3.8) is 0 Å². The van der Waals surface area contributed by atoms with Crippen LogP contribution in [0.2, 0.25) is 10.0 Å². The minimum atomic E-state index is -0.197. The largest absolute Gasteiger partial charge is 0.489 e. The maximum atomic E-state index is 12.7. The van der Waals surface area contributed by atoms with Crippen molar-refractivity contribution in [3.8, 4) is 11.5 Å². The number of benzene rings is 3. The summed E-state index contributed by atoms with van der Waals surface area (Å²) in [6, 6.07) is 16.7. The lowest BCUT2D eigenvalue weighted by molar-refractivity contribution is 0.101. The van der Waals surface area contributed by atoms with Gasteiger partial charge in [0.05, 0.1) is 15.6 Å². The van der Waals surface area contributed by atoms with Crippen LogP contribution in [-0.2, 0) is 6.61 Å². The Bertz CT molecular complexity index is 1150. The van der Waals surface area contributed by atoms with Crippen LogP contribution in [0.4, 0.5) is 0 Å². The smallest absolute Gasteiger partial charge is 0.231 e. The second kappa shape index (κ2) is 7.94. The molecule has 0 aromatic heterocycles. The molecule has 0 aliphatic carbocycles. The van der Waals surface area contributed by atoms with Gasteiger partial charge < -0.3 is 9.47 Å². The standard InChI is InChI=1S/C24H18Cl2O3/c1-14-6-7-15(2)17(10-14)13-28-18-8-9-19-21(12-18)29-22(24(19)27)11-16-4-3-5-20(25)23(16)26/h3-12H,13H2,1-2H3. The molecule has 146 valence electrons. The molecular weight excluding hydrogens is 407 g/mol. The van der Waals surface area contributed by atoms with Crippen molar-refractivity contribution in [2.75, 3.05) is 0 Å². The number of Topliss-reactive ketones (excluding diaryl/α,β-unsaturated/α-hetero) is 1. The Kier molecular flexibility index (Phi) is 5.35. The molecule has 1 heterocycles. The third-order valence-corrected chi connectivity index (χ3v) is 5.64. The number of rotatable bonds is 4. The monoisotopic (exact) mass is 424 g/mol. The molecule has 3 aromatic carbocycles. The molecular formula is C24H18Cl2O3. The molecule has 29 heavy (non-hydrogen) atoms. The second-order valence-corrected chi connectivity index (χ2v) is 7.74. The van der Waals surface area contributed by atoms with E-state index in [1.165, 1.54) is 11.1 Å². The average Bonchev–Trinajstić information content (AvgIpc) is 3.01. The number of hydrogen-bond donors (Lipinski definition) is 0. The fraction of sp³-hybridized carbons (Fsp3) is 0.125. The zero-order valence-electron chi connectivity index (χ0n) is 16.0. The lowest BCUT2D eigenvalue weighted by atomic mass is 10.1. The van der Waals surface area contributed by atoms with Crippen molar-refractivity contribution in [3.05, 3.63) is 98.2 Å². The Labute approximate surface area is 179 Å². The van der Waals surface area contributed by atoms with E-state index >= 15 is 0 Å². The van der Waals surface area contributed by atoms with Crippen LogP contribution in [-0.4, -0.2) is 5.78 Å². The number of halogens is 2. The third kappa shape index (κ3) is 4.02. The van der Waals surface area contributed by atoms with Crippen molar-refractivity contribution >= 4 is 35.1 Å². The molecule has 0 bridgehead atoms. The molecule has 3 nitrogen and oxygen atoms in total. The lowest BCUT2D eigenvalue weighted by Crippen LogP contribution is -1.99. The first kappa shape index (κ1) is 19.6. The summed E-state index contributed by atoms with van der Waals surface area (Å²) in [5.74, 6) is 1.12. The number of allylic oxidation sites excluding steroid dienone is 1. The van der Waals surface area contributed by atoms with Crippen LogP contribution in [0, 0.1) is 13.8 Å². The van der Waals surface area contributed by atoms with E-state index in [-0.39, 0.29) is 11.5 Å². The Morgan fingerprint density at radius 3 is 2.69 bits per heavy atom. The summed E-state index contributed by atoms with van der Waals surface area (Å²) >= 11 is 12.3. The van der Waals surface area contributed by atoms with Gasteiger partial charge in [0, 0.05) is 6.07 Å². The van der Waals surface area contributed by atoms with Crippen molar-refractivity contribution in [1.29, 1.82) is 0 Å². The number of carbonyl (C=O) groups is 1. The van der Waals surface area contributed by atoms with Gasteiger partial charge in [0.25, 0.3) is 0 Å². The molecule has 0 N–H and O–H groups in total. The molecule has 0 atom stereocenters. The first-order valence-corrected chi connectivity index (χ1v) is 9.89. The van der Waals surface area contributed by atoms with Crippen LogP contribution < -0.4 is 9.47 Å². The SMILES string of the molecule is Cc1ccc(C)c(COc2ccc3c(c2)OC(=Cc2cccc(Cl)c2Cl)C3=O)c1. The Morgan fingerprint density at radius 2 is 1.86 bits per heavy atom. The zero-order valence-corrected chi connectivity index (χ0v) is 17.5. The highest BCUT2D eigenvalue weighted by molar-refractivity contribution is 6.43. The molecule has 0 radical (unpaired) electrons. The molecule has 0 fully saturated rings. The number of ether oxygens (including phenoxy) is 2. The molecule has 0 saturated carbocycles. The molecule has 0 saturated heterocycles. The van der Waals surface area contributed by atoms with E-state index in [0.717, 1.165) is 5.56 Å². The Balaban J connectivity index is 1.55. The van der Waals surface area contributed by atoms with Gasteiger partial charge in [-0.25, -0.2) is 0 Å². The van der Waals surface area contributed by atoms with Crippen LogP contribution in [0.1, 0.15) is 32.6 Å². The molecule has 0 unspecified atom stereocenters. The molecule has 3 aromatic rings. The highest BCUT2D eigenvalue weighted by Crippen LogP contribution is 2.36. The highest BCUT2D eigenvalue weighted by atomic mass is 35.5. The minimum absolute atomic E-state index is 0.197. The van der Waals surface area contributed by atoms with E-state index in [2.05, 4.69) is 32.0 Å². The van der Waals surface area contributed by atoms with Gasteiger partial charge in [-0.2, -0.15) is 0 Å². The molecule has 1 aliphatic heterocycles. The maximum Gasteiger partial charge on any atom is 0.231 e. The maximum absolute atomic E-state index is 12.7. The summed E-state index contributed by atoms with van der Waals surface area (Å²) in [7, 11) is 0. The molecule has 0 spiro atoms. The van der Waals surface area contributed by atoms with Gasteiger partial charge in [-0.05, 0) is 54.8 Å². The predicted octanol–water partition coefficient (Wildman–Crippen LogP) is 6.81. The average molecular weight is 425 g/mol. The van der Waals surface area contributed by atoms with E-state index in [0.29, 0.717) is 39.3 Å². The molecule has 0 amide bonds. The van der Waals surface area contributed by atoms with Gasteiger partial charge >= 0.3 is 0 Å². The summed E-state index contributed by atoms with van der Waals surface area (Å²) in [6.07, 6.45) is 1.60. The lowest BCUT2D eigenvalue weighted by Gasteiger charge is -2.10. The van der Waals surface area contributed by atoms with Crippen molar-refractivity contribution in [1.82, 2.24) is 0 Å². The fourth-order valence-corrected chi connectivity index (χ4v) is 3.51. The number of carbonyl (C=O) groups excluding carboxylic acids is 1. The van der Waals surface area contributed by atoms with Crippen LogP contribution in [0.25, 0.3) is 6.08 Å². The van der Waals surface area contributed by atoms with Crippen molar-refractivity contribution in [2.45, 2.75) is 20.5 Å². The Hall–Kier alpha value is -2.75. The van der Waals surface area contributed by atoms with Gasteiger partial charge in [0.15, 0.2) is 5.76 Å². The normalized spacial score (nSPS) is 14.1. The summed E-state index contributed by atoms with van der Waals surface area (Å²) in [6.45, 7) is 4.56.